The van der Waals surface area contributed by atoms with Crippen LogP contribution in [0.15, 0.2) is 212 Å². The van der Waals surface area contributed by atoms with E-state index in [0.29, 0.717) is 0 Å². The molecule has 2 aromatic heterocycles. The van der Waals surface area contributed by atoms with Crippen molar-refractivity contribution in [3.8, 4) is 22.5 Å². The first-order chi connectivity index (χ1) is 27.3. The summed E-state index contributed by atoms with van der Waals surface area (Å²) in [5, 5.41) is 7.34. The number of hydrogen-bond acceptors (Lipinski definition) is 1. The molecule has 0 amide bonds. The molecule has 258 valence electrons. The fourth-order valence-electron chi connectivity index (χ4n) is 8.59. The lowest BCUT2D eigenvalue weighted by Gasteiger charge is -2.28. The molecular weight excluding hydrogens is 667 g/mol. The summed E-state index contributed by atoms with van der Waals surface area (Å²) in [6.07, 6.45) is 0. The summed E-state index contributed by atoms with van der Waals surface area (Å²) < 4.78 is 4.82. The van der Waals surface area contributed by atoms with Gasteiger partial charge in [0.15, 0.2) is 0 Å². The van der Waals surface area contributed by atoms with Gasteiger partial charge in [-0.15, -0.1) is 0 Å². The van der Waals surface area contributed by atoms with Crippen molar-refractivity contribution in [1.82, 2.24) is 9.13 Å². The summed E-state index contributed by atoms with van der Waals surface area (Å²) in [6, 6.07) is 77.0. The number of aromatic nitrogens is 2. The van der Waals surface area contributed by atoms with Crippen LogP contribution < -0.4 is 4.90 Å². The summed E-state index contributed by atoms with van der Waals surface area (Å²) in [6.45, 7) is 0. The maximum absolute atomic E-state index is 2.44. The standard InChI is InChI=1S/C52H35N3/c1-4-18-40(19-5-1)53(43-30-28-36-16-10-11-17-37(36)32-43)51-35-39(34-47-45-25-13-15-27-49(45)55(52(47)51)42-22-8-3-9-23-42)38-29-31-50-46(33-38)44-24-12-14-26-48(44)54(50)41-20-6-2-7-21-41/h1-35H. The molecule has 55 heavy (non-hydrogen) atoms. The van der Waals surface area contributed by atoms with Crippen LogP contribution in [0.4, 0.5) is 17.1 Å². The molecule has 2 heterocycles. The Hall–Kier alpha value is -7.36. The number of fused-ring (bicyclic) bond motifs is 7. The molecule has 11 rings (SSSR count). The van der Waals surface area contributed by atoms with Crippen molar-refractivity contribution < 1.29 is 0 Å². The van der Waals surface area contributed by atoms with Crippen LogP contribution in [0.2, 0.25) is 0 Å². The average Bonchev–Trinajstić information content (AvgIpc) is 3.77. The Labute approximate surface area is 319 Å². The predicted octanol–water partition coefficient (Wildman–Crippen LogP) is 14.2. The molecule has 3 nitrogen and oxygen atoms in total. The number of nitrogens with zero attached hydrogens (tertiary/aromatic N) is 3. The van der Waals surface area contributed by atoms with E-state index in [9.17, 15) is 0 Å². The van der Waals surface area contributed by atoms with Crippen LogP contribution in [0.3, 0.4) is 0 Å². The number of benzene rings is 9. The SMILES string of the molecule is c1ccc(N(c2ccc3ccccc3c2)c2cc(-c3ccc4c(c3)c3ccccc3n4-c3ccccc3)cc3c4ccccc4n(-c4ccccc4)c23)cc1. The second-order valence-electron chi connectivity index (χ2n) is 14.2. The topological polar surface area (TPSA) is 13.1 Å². The van der Waals surface area contributed by atoms with Gasteiger partial charge in [-0.25, -0.2) is 0 Å². The van der Waals surface area contributed by atoms with Gasteiger partial charge in [-0.2, -0.15) is 0 Å². The number of hydrogen-bond donors (Lipinski definition) is 0. The minimum atomic E-state index is 1.10. The van der Waals surface area contributed by atoms with Gasteiger partial charge < -0.3 is 14.0 Å². The number of anilines is 3. The zero-order valence-corrected chi connectivity index (χ0v) is 30.0. The molecule has 0 aliphatic rings. The molecule has 0 saturated heterocycles. The van der Waals surface area contributed by atoms with Crippen molar-refractivity contribution in [3.05, 3.63) is 212 Å². The van der Waals surface area contributed by atoms with Crippen LogP contribution in [-0.2, 0) is 0 Å². The molecule has 9 aromatic carbocycles. The van der Waals surface area contributed by atoms with Crippen LogP contribution in [0.25, 0.3) is 76.9 Å². The van der Waals surface area contributed by atoms with Crippen molar-refractivity contribution in [1.29, 1.82) is 0 Å². The molecule has 3 heteroatoms. The Morgan fingerprint density at radius 1 is 0.309 bits per heavy atom. The first-order valence-corrected chi connectivity index (χ1v) is 18.9. The third-order valence-electron chi connectivity index (χ3n) is 11.0. The van der Waals surface area contributed by atoms with Crippen molar-refractivity contribution >= 4 is 71.4 Å². The normalized spacial score (nSPS) is 11.6. The van der Waals surface area contributed by atoms with Crippen molar-refractivity contribution in [2.75, 3.05) is 4.90 Å². The predicted molar refractivity (Wildman–Crippen MR) is 233 cm³/mol. The lowest BCUT2D eigenvalue weighted by molar-refractivity contribution is 1.17. The third-order valence-corrected chi connectivity index (χ3v) is 11.0. The van der Waals surface area contributed by atoms with Gasteiger partial charge in [-0.3, -0.25) is 0 Å². The smallest absolute Gasteiger partial charge is 0.0782 e. The fraction of sp³-hybridized carbons (Fsp3) is 0. The largest absolute Gasteiger partial charge is 0.309 e. The molecule has 0 N–H and O–H groups in total. The van der Waals surface area contributed by atoms with E-state index in [4.69, 9.17) is 0 Å². The van der Waals surface area contributed by atoms with Gasteiger partial charge >= 0.3 is 0 Å². The summed E-state index contributed by atoms with van der Waals surface area (Å²) >= 11 is 0. The third kappa shape index (κ3) is 5.05. The van der Waals surface area contributed by atoms with Gasteiger partial charge in [-0.1, -0.05) is 127 Å². The Morgan fingerprint density at radius 2 is 0.855 bits per heavy atom. The minimum Gasteiger partial charge on any atom is -0.309 e. The molecule has 0 bridgehead atoms. The van der Waals surface area contributed by atoms with Crippen LogP contribution in [0.1, 0.15) is 0 Å². The van der Waals surface area contributed by atoms with E-state index in [0.717, 1.165) is 34.0 Å². The molecule has 0 aliphatic carbocycles. The molecule has 0 unspecified atom stereocenters. The van der Waals surface area contributed by atoms with Gasteiger partial charge in [0, 0.05) is 44.3 Å². The van der Waals surface area contributed by atoms with E-state index < -0.39 is 0 Å². The van der Waals surface area contributed by atoms with Gasteiger partial charge in [0.05, 0.1) is 27.8 Å². The Kier molecular flexibility index (Phi) is 7.17. The van der Waals surface area contributed by atoms with Gasteiger partial charge in [-0.05, 0) is 107 Å². The maximum Gasteiger partial charge on any atom is 0.0782 e. The molecule has 0 atom stereocenters. The van der Waals surface area contributed by atoms with E-state index in [2.05, 4.69) is 226 Å². The molecule has 0 saturated carbocycles. The first-order valence-electron chi connectivity index (χ1n) is 18.9. The first kappa shape index (κ1) is 31.2. The average molecular weight is 702 g/mol. The number of rotatable bonds is 6. The monoisotopic (exact) mass is 701 g/mol. The van der Waals surface area contributed by atoms with Crippen LogP contribution in [-0.4, -0.2) is 9.13 Å². The maximum atomic E-state index is 2.44. The highest BCUT2D eigenvalue weighted by Crippen LogP contribution is 2.46. The molecular formula is C52H35N3. The van der Waals surface area contributed by atoms with Gasteiger partial charge in [0.2, 0.25) is 0 Å². The lowest BCUT2D eigenvalue weighted by atomic mass is 9.98. The second-order valence-corrected chi connectivity index (χ2v) is 14.2. The zero-order valence-electron chi connectivity index (χ0n) is 30.0. The molecule has 0 aliphatic heterocycles. The van der Waals surface area contributed by atoms with Crippen molar-refractivity contribution in [2.45, 2.75) is 0 Å². The quantitative estimate of drug-likeness (QED) is 0.168. The van der Waals surface area contributed by atoms with E-state index in [1.54, 1.807) is 0 Å². The molecule has 0 spiro atoms. The highest BCUT2D eigenvalue weighted by Gasteiger charge is 2.24. The van der Waals surface area contributed by atoms with E-state index >= 15 is 0 Å². The summed E-state index contributed by atoms with van der Waals surface area (Å²) in [5.74, 6) is 0. The zero-order chi connectivity index (χ0) is 36.3. The van der Waals surface area contributed by atoms with Crippen molar-refractivity contribution in [2.24, 2.45) is 0 Å². The van der Waals surface area contributed by atoms with Crippen LogP contribution in [0, 0.1) is 0 Å². The molecule has 11 aromatic rings. The van der Waals surface area contributed by atoms with Crippen LogP contribution in [0.5, 0.6) is 0 Å². The summed E-state index contributed by atoms with van der Waals surface area (Å²) in [4.78, 5) is 2.44. The molecule has 0 radical (unpaired) electrons. The van der Waals surface area contributed by atoms with E-state index in [1.165, 1.54) is 60.0 Å². The highest BCUT2D eigenvalue weighted by atomic mass is 15.2. The highest BCUT2D eigenvalue weighted by molar-refractivity contribution is 6.17. The fourth-order valence-corrected chi connectivity index (χ4v) is 8.59. The lowest BCUT2D eigenvalue weighted by Crippen LogP contribution is -2.12. The van der Waals surface area contributed by atoms with Gasteiger partial charge in [0.25, 0.3) is 0 Å². The summed E-state index contributed by atoms with van der Waals surface area (Å²) in [5.41, 5.74) is 12.7. The summed E-state index contributed by atoms with van der Waals surface area (Å²) in [7, 11) is 0. The Bertz CT molecular complexity index is 3190. The Morgan fingerprint density at radius 3 is 1.58 bits per heavy atom. The van der Waals surface area contributed by atoms with E-state index in [-0.39, 0.29) is 0 Å². The Balaban J connectivity index is 1.24. The van der Waals surface area contributed by atoms with Crippen LogP contribution >= 0.6 is 0 Å². The van der Waals surface area contributed by atoms with Gasteiger partial charge in [0.1, 0.15) is 0 Å². The van der Waals surface area contributed by atoms with Crippen molar-refractivity contribution in [3.63, 3.8) is 0 Å². The van der Waals surface area contributed by atoms with E-state index in [1.807, 2.05) is 0 Å². The minimum absolute atomic E-state index is 1.10. The molecule has 0 fully saturated rings. The second kappa shape index (κ2) is 12.6. The number of para-hydroxylation sites is 5.